The molecule has 0 unspecified atom stereocenters. The molecule has 1 amide bonds. The third-order valence-electron chi connectivity index (χ3n) is 3.92. The molecule has 0 aromatic heterocycles. The van der Waals surface area contributed by atoms with Crippen LogP contribution in [0.4, 0.5) is 0 Å². The fraction of sp³-hybridized carbons (Fsp3) is 0.471. The second-order valence-corrected chi connectivity index (χ2v) is 6.27. The van der Waals surface area contributed by atoms with Crippen molar-refractivity contribution in [2.75, 3.05) is 19.7 Å². The molecule has 1 heterocycles. The number of halogens is 1. The second-order valence-electron chi connectivity index (χ2n) is 5.83. The van der Waals surface area contributed by atoms with Crippen LogP contribution in [0.1, 0.15) is 31.7 Å². The van der Waals surface area contributed by atoms with E-state index in [4.69, 9.17) is 16.3 Å². The predicted octanol–water partition coefficient (Wildman–Crippen LogP) is 3.76. The Bertz CT molecular complexity index is 578. The van der Waals surface area contributed by atoms with Crippen LogP contribution in [0.3, 0.4) is 0 Å². The Hall–Kier alpha value is -1.48. The Labute approximate surface area is 130 Å². The molecule has 0 N–H and O–H groups in total. The molecule has 0 spiro atoms. The Morgan fingerprint density at radius 3 is 2.95 bits per heavy atom. The second kappa shape index (κ2) is 6.10. The molecule has 1 fully saturated rings. The smallest absolute Gasteiger partial charge is 0.253 e. The van der Waals surface area contributed by atoms with E-state index in [2.05, 4.69) is 6.92 Å². The van der Waals surface area contributed by atoms with Crippen molar-refractivity contribution in [3.63, 3.8) is 0 Å². The minimum Gasteiger partial charge on any atom is -0.488 e. The van der Waals surface area contributed by atoms with Gasteiger partial charge in [0.2, 0.25) is 0 Å². The molecular weight excluding hydrogens is 286 g/mol. The van der Waals surface area contributed by atoms with Crippen LogP contribution in [0.2, 0.25) is 5.02 Å². The quantitative estimate of drug-likeness (QED) is 0.829. The first-order valence-corrected chi connectivity index (χ1v) is 7.97. The van der Waals surface area contributed by atoms with Crippen molar-refractivity contribution in [1.82, 2.24) is 4.90 Å². The normalized spacial score (nSPS) is 16.8. The number of hydrogen-bond acceptors (Lipinski definition) is 2. The largest absolute Gasteiger partial charge is 0.488 e. The van der Waals surface area contributed by atoms with Gasteiger partial charge in [-0.3, -0.25) is 4.79 Å². The summed E-state index contributed by atoms with van der Waals surface area (Å²) in [7, 11) is 0. The number of carbonyl (C=O) groups is 1. The van der Waals surface area contributed by atoms with Crippen molar-refractivity contribution >= 4 is 23.6 Å². The molecule has 21 heavy (non-hydrogen) atoms. The van der Waals surface area contributed by atoms with Crippen molar-refractivity contribution in [2.24, 2.45) is 5.92 Å². The summed E-state index contributed by atoms with van der Waals surface area (Å²) in [5.41, 5.74) is 1.61. The highest BCUT2D eigenvalue weighted by Gasteiger charge is 2.28. The summed E-state index contributed by atoms with van der Waals surface area (Å²) in [5, 5.41) is 0.658. The maximum atomic E-state index is 12.7. The molecular formula is C17H20ClNO2. The molecule has 0 bridgehead atoms. The van der Waals surface area contributed by atoms with Crippen LogP contribution < -0.4 is 4.74 Å². The summed E-state index contributed by atoms with van der Waals surface area (Å²) in [6, 6.07) is 5.50. The van der Waals surface area contributed by atoms with Crippen LogP contribution >= 0.6 is 11.6 Å². The van der Waals surface area contributed by atoms with Gasteiger partial charge >= 0.3 is 0 Å². The van der Waals surface area contributed by atoms with Crippen molar-refractivity contribution in [3.8, 4) is 5.75 Å². The molecule has 1 aromatic rings. The molecule has 1 aliphatic carbocycles. The lowest BCUT2D eigenvalue weighted by Gasteiger charge is -2.25. The van der Waals surface area contributed by atoms with Crippen LogP contribution in [0.25, 0.3) is 6.08 Å². The van der Waals surface area contributed by atoms with Gasteiger partial charge in [-0.15, -0.1) is 0 Å². The minimum absolute atomic E-state index is 0.106. The van der Waals surface area contributed by atoms with Gasteiger partial charge in [-0.05, 0) is 49.5 Å². The van der Waals surface area contributed by atoms with Gasteiger partial charge in [0.05, 0.1) is 5.57 Å². The molecule has 1 aliphatic heterocycles. The van der Waals surface area contributed by atoms with E-state index >= 15 is 0 Å². The lowest BCUT2D eigenvalue weighted by Crippen LogP contribution is -2.36. The topological polar surface area (TPSA) is 29.5 Å². The first-order chi connectivity index (χ1) is 10.2. The SMILES string of the molecule is CCCN(CC1CC1)C(=O)C1=Cc2cc(Cl)ccc2OC1. The third kappa shape index (κ3) is 3.41. The fourth-order valence-electron chi connectivity index (χ4n) is 2.63. The molecule has 4 heteroatoms. The third-order valence-corrected chi connectivity index (χ3v) is 4.15. The number of ether oxygens (including phenoxy) is 1. The summed E-state index contributed by atoms with van der Waals surface area (Å²) in [6.07, 6.45) is 5.40. The van der Waals surface area contributed by atoms with Crippen molar-refractivity contribution in [1.29, 1.82) is 0 Å². The zero-order valence-electron chi connectivity index (χ0n) is 12.3. The van der Waals surface area contributed by atoms with Gasteiger partial charge in [-0.25, -0.2) is 0 Å². The van der Waals surface area contributed by atoms with E-state index < -0.39 is 0 Å². The van der Waals surface area contributed by atoms with Gasteiger partial charge in [-0.2, -0.15) is 0 Å². The highest BCUT2D eigenvalue weighted by atomic mass is 35.5. The maximum absolute atomic E-state index is 12.7. The first kappa shape index (κ1) is 14.5. The summed E-state index contributed by atoms with van der Waals surface area (Å²) >= 11 is 6.01. The van der Waals surface area contributed by atoms with Gasteiger partial charge < -0.3 is 9.64 Å². The van der Waals surface area contributed by atoms with Crippen LogP contribution in [-0.4, -0.2) is 30.5 Å². The number of benzene rings is 1. The molecule has 1 aromatic carbocycles. The van der Waals surface area contributed by atoms with E-state index in [-0.39, 0.29) is 5.91 Å². The number of rotatable bonds is 5. The van der Waals surface area contributed by atoms with Crippen LogP contribution in [0.15, 0.2) is 23.8 Å². The molecule has 1 saturated carbocycles. The molecule has 3 rings (SSSR count). The maximum Gasteiger partial charge on any atom is 0.253 e. The van der Waals surface area contributed by atoms with Gasteiger partial charge in [0.25, 0.3) is 5.91 Å². The Kier molecular flexibility index (Phi) is 4.20. The Morgan fingerprint density at radius 2 is 2.24 bits per heavy atom. The monoisotopic (exact) mass is 305 g/mol. The Balaban J connectivity index is 1.79. The lowest BCUT2D eigenvalue weighted by molar-refractivity contribution is -0.127. The fourth-order valence-corrected chi connectivity index (χ4v) is 2.81. The lowest BCUT2D eigenvalue weighted by atomic mass is 10.1. The average molecular weight is 306 g/mol. The van der Waals surface area contributed by atoms with Crippen molar-refractivity contribution in [2.45, 2.75) is 26.2 Å². The van der Waals surface area contributed by atoms with Gasteiger partial charge in [0, 0.05) is 23.7 Å². The van der Waals surface area contributed by atoms with Gasteiger partial charge in [0.1, 0.15) is 12.4 Å². The summed E-state index contributed by atoms with van der Waals surface area (Å²) in [6.45, 7) is 4.15. The number of carbonyl (C=O) groups excluding carboxylic acids is 1. The minimum atomic E-state index is 0.106. The molecule has 0 saturated heterocycles. The van der Waals surface area contributed by atoms with E-state index in [9.17, 15) is 4.79 Å². The van der Waals surface area contributed by atoms with Gasteiger partial charge in [0.15, 0.2) is 0 Å². The summed E-state index contributed by atoms with van der Waals surface area (Å²) < 4.78 is 5.69. The van der Waals surface area contributed by atoms with Crippen LogP contribution in [0, 0.1) is 5.92 Å². The van der Waals surface area contributed by atoms with Crippen LogP contribution in [0.5, 0.6) is 5.75 Å². The summed E-state index contributed by atoms with van der Waals surface area (Å²) in [4.78, 5) is 14.7. The molecule has 3 nitrogen and oxygen atoms in total. The molecule has 2 aliphatic rings. The van der Waals surface area contributed by atoms with Crippen molar-refractivity contribution in [3.05, 3.63) is 34.4 Å². The van der Waals surface area contributed by atoms with E-state index in [1.807, 2.05) is 23.1 Å². The van der Waals surface area contributed by atoms with Crippen LogP contribution in [-0.2, 0) is 4.79 Å². The number of nitrogens with zero attached hydrogens (tertiary/aromatic N) is 1. The van der Waals surface area contributed by atoms with E-state index in [1.165, 1.54) is 12.8 Å². The van der Waals surface area contributed by atoms with Gasteiger partial charge in [-0.1, -0.05) is 18.5 Å². The van der Waals surface area contributed by atoms with Crippen molar-refractivity contribution < 1.29 is 9.53 Å². The molecule has 112 valence electrons. The van der Waals surface area contributed by atoms with E-state index in [0.717, 1.165) is 36.4 Å². The number of hydrogen-bond donors (Lipinski definition) is 0. The highest BCUT2D eigenvalue weighted by molar-refractivity contribution is 6.30. The Morgan fingerprint density at radius 1 is 1.43 bits per heavy atom. The highest BCUT2D eigenvalue weighted by Crippen LogP contribution is 2.32. The van der Waals surface area contributed by atoms with E-state index in [0.29, 0.717) is 17.5 Å². The standard InChI is InChI=1S/C17H20ClNO2/c1-2-7-19(10-12-3-4-12)17(20)14-8-13-9-15(18)5-6-16(13)21-11-14/h5-6,8-9,12H,2-4,7,10-11H2,1H3. The van der Waals surface area contributed by atoms with E-state index in [1.54, 1.807) is 6.07 Å². The predicted molar refractivity (Wildman–Crippen MR) is 84.5 cm³/mol. The number of fused-ring (bicyclic) bond motifs is 1. The zero-order valence-corrected chi connectivity index (χ0v) is 13.0. The zero-order chi connectivity index (χ0) is 14.8. The molecule has 0 atom stereocenters. The number of amides is 1. The molecule has 0 radical (unpaired) electrons. The first-order valence-electron chi connectivity index (χ1n) is 7.59. The average Bonchev–Trinajstić information content (AvgIpc) is 3.29. The summed E-state index contributed by atoms with van der Waals surface area (Å²) in [5.74, 6) is 1.60.